The molecule has 1 aromatic heterocycles. The molecule has 0 spiro atoms. The van der Waals surface area contributed by atoms with Gasteiger partial charge in [0.05, 0.1) is 44.0 Å². The molecule has 1 atom stereocenters. The molecule has 0 saturated carbocycles. The summed E-state index contributed by atoms with van der Waals surface area (Å²) in [6.45, 7) is 0. The molecule has 3 rings (SSSR count). The summed E-state index contributed by atoms with van der Waals surface area (Å²) in [5.74, 6) is 1.40. The second kappa shape index (κ2) is 11.1. The molecule has 3 aromatic rings. The summed E-state index contributed by atoms with van der Waals surface area (Å²) in [5.41, 5.74) is 1.57. The fraction of sp³-hybridized carbons (Fsp3) is 0.250. The standard InChI is InChI=1S/C24H23Cl2NO6/c1-29-19-7-5-14(9-22(19)31-3)21(11-16-17(25)12-27-13-18(16)26)33-24(28)15-6-8-20(30-2)23(10-15)32-4/h5-10,12-13,21H,11H2,1-4H3. The number of carbonyl (C=O) groups is 1. The Labute approximate surface area is 202 Å². The van der Waals surface area contributed by atoms with Crippen LogP contribution in [0.25, 0.3) is 0 Å². The first-order valence-corrected chi connectivity index (χ1v) is 10.6. The van der Waals surface area contributed by atoms with Crippen LogP contribution in [0.3, 0.4) is 0 Å². The summed E-state index contributed by atoms with van der Waals surface area (Å²) in [7, 11) is 6.09. The lowest BCUT2D eigenvalue weighted by Gasteiger charge is -2.21. The summed E-state index contributed by atoms with van der Waals surface area (Å²) < 4.78 is 27.2. The minimum atomic E-state index is -0.734. The Bertz CT molecular complexity index is 1120. The SMILES string of the molecule is COc1ccc(C(=O)OC(Cc2c(Cl)cncc2Cl)c2ccc(OC)c(OC)c2)cc1OC. The molecule has 0 aliphatic carbocycles. The van der Waals surface area contributed by atoms with E-state index in [9.17, 15) is 4.79 Å². The fourth-order valence-electron chi connectivity index (χ4n) is 3.26. The predicted molar refractivity (Wildman–Crippen MR) is 125 cm³/mol. The third-order valence-corrected chi connectivity index (χ3v) is 5.64. The number of hydrogen-bond acceptors (Lipinski definition) is 7. The average Bonchev–Trinajstić information content (AvgIpc) is 2.84. The lowest BCUT2D eigenvalue weighted by molar-refractivity contribution is 0.0296. The van der Waals surface area contributed by atoms with Crippen LogP contribution in [0.5, 0.6) is 23.0 Å². The summed E-state index contributed by atoms with van der Waals surface area (Å²) in [4.78, 5) is 17.1. The highest BCUT2D eigenvalue weighted by Gasteiger charge is 2.24. The summed E-state index contributed by atoms with van der Waals surface area (Å²) in [6, 6.07) is 10.1. The van der Waals surface area contributed by atoms with Crippen LogP contribution in [0.1, 0.15) is 27.6 Å². The maximum atomic E-state index is 13.1. The molecule has 2 aromatic carbocycles. The van der Waals surface area contributed by atoms with E-state index < -0.39 is 12.1 Å². The molecule has 174 valence electrons. The molecule has 1 heterocycles. The Hall–Kier alpha value is -3.16. The Morgan fingerprint density at radius 3 is 1.94 bits per heavy atom. The Kier molecular flexibility index (Phi) is 8.25. The number of pyridine rings is 1. The number of esters is 1. The average molecular weight is 492 g/mol. The molecule has 0 radical (unpaired) electrons. The monoisotopic (exact) mass is 491 g/mol. The first-order chi connectivity index (χ1) is 15.9. The van der Waals surface area contributed by atoms with Crippen LogP contribution < -0.4 is 18.9 Å². The van der Waals surface area contributed by atoms with Crippen molar-refractivity contribution in [1.29, 1.82) is 0 Å². The highest BCUT2D eigenvalue weighted by molar-refractivity contribution is 6.35. The molecule has 0 bridgehead atoms. The summed E-state index contributed by atoms with van der Waals surface area (Å²) in [5, 5.41) is 0.741. The van der Waals surface area contributed by atoms with E-state index in [0.717, 1.165) is 0 Å². The van der Waals surface area contributed by atoms with Crippen LogP contribution in [0.15, 0.2) is 48.8 Å². The van der Waals surface area contributed by atoms with E-state index in [4.69, 9.17) is 46.9 Å². The number of carbonyl (C=O) groups excluding carboxylic acids is 1. The molecule has 9 heteroatoms. The lowest BCUT2D eigenvalue weighted by atomic mass is 10.0. The van der Waals surface area contributed by atoms with Gasteiger partial charge in [-0.05, 0) is 41.5 Å². The van der Waals surface area contributed by atoms with E-state index in [1.165, 1.54) is 33.7 Å². The van der Waals surface area contributed by atoms with E-state index in [-0.39, 0.29) is 6.42 Å². The minimum absolute atomic E-state index is 0.217. The molecule has 0 N–H and O–H groups in total. The van der Waals surface area contributed by atoms with Crippen molar-refractivity contribution in [3.63, 3.8) is 0 Å². The minimum Gasteiger partial charge on any atom is -0.493 e. The van der Waals surface area contributed by atoms with Crippen LogP contribution in [-0.4, -0.2) is 39.4 Å². The largest absolute Gasteiger partial charge is 0.493 e. The zero-order valence-corrected chi connectivity index (χ0v) is 20.1. The van der Waals surface area contributed by atoms with Gasteiger partial charge in [0, 0.05) is 18.8 Å². The van der Waals surface area contributed by atoms with Gasteiger partial charge >= 0.3 is 5.97 Å². The Morgan fingerprint density at radius 2 is 1.36 bits per heavy atom. The van der Waals surface area contributed by atoms with Gasteiger partial charge in [0.25, 0.3) is 0 Å². The first kappa shape index (κ1) is 24.5. The van der Waals surface area contributed by atoms with Crippen LogP contribution in [-0.2, 0) is 11.2 Å². The van der Waals surface area contributed by atoms with Crippen molar-refractivity contribution >= 4 is 29.2 Å². The number of hydrogen-bond donors (Lipinski definition) is 0. The van der Waals surface area contributed by atoms with E-state index in [0.29, 0.717) is 49.7 Å². The molecule has 0 aliphatic rings. The van der Waals surface area contributed by atoms with Gasteiger partial charge in [0.1, 0.15) is 6.10 Å². The molecule has 0 fully saturated rings. The summed E-state index contributed by atoms with van der Waals surface area (Å²) in [6.07, 6.45) is 2.46. The van der Waals surface area contributed by atoms with E-state index >= 15 is 0 Å². The van der Waals surface area contributed by atoms with Gasteiger partial charge in [-0.15, -0.1) is 0 Å². The first-order valence-electron chi connectivity index (χ1n) is 9.84. The topological polar surface area (TPSA) is 76.1 Å². The number of halogens is 2. The number of methoxy groups -OCH3 is 4. The second-order valence-electron chi connectivity index (χ2n) is 6.86. The molecule has 0 amide bonds. The molecule has 33 heavy (non-hydrogen) atoms. The molecular weight excluding hydrogens is 469 g/mol. The molecule has 0 saturated heterocycles. The van der Waals surface area contributed by atoms with Crippen LogP contribution in [0.2, 0.25) is 10.0 Å². The number of benzene rings is 2. The Balaban J connectivity index is 1.99. The van der Waals surface area contributed by atoms with E-state index in [1.807, 2.05) is 0 Å². The number of aromatic nitrogens is 1. The maximum absolute atomic E-state index is 13.1. The summed E-state index contributed by atoms with van der Waals surface area (Å²) >= 11 is 12.7. The Morgan fingerprint density at radius 1 is 0.818 bits per heavy atom. The van der Waals surface area contributed by atoms with Gasteiger partial charge in [-0.1, -0.05) is 29.3 Å². The van der Waals surface area contributed by atoms with E-state index in [2.05, 4.69) is 4.98 Å². The molecular formula is C24H23Cl2NO6. The van der Waals surface area contributed by atoms with Crippen molar-refractivity contribution in [3.8, 4) is 23.0 Å². The van der Waals surface area contributed by atoms with Gasteiger partial charge in [-0.2, -0.15) is 0 Å². The number of ether oxygens (including phenoxy) is 5. The van der Waals surface area contributed by atoms with E-state index in [1.54, 1.807) is 43.5 Å². The quantitative estimate of drug-likeness (QED) is 0.362. The molecule has 1 unspecified atom stereocenters. The van der Waals surface area contributed by atoms with Crippen LogP contribution >= 0.6 is 23.2 Å². The number of rotatable bonds is 9. The van der Waals surface area contributed by atoms with Crippen LogP contribution in [0.4, 0.5) is 0 Å². The van der Waals surface area contributed by atoms with Crippen molar-refractivity contribution in [1.82, 2.24) is 4.98 Å². The number of nitrogens with zero attached hydrogens (tertiary/aromatic N) is 1. The zero-order valence-electron chi connectivity index (χ0n) is 18.6. The predicted octanol–water partition coefficient (Wildman–Crippen LogP) is 5.56. The van der Waals surface area contributed by atoms with Crippen LogP contribution in [0, 0.1) is 0 Å². The third-order valence-electron chi connectivity index (χ3n) is 4.99. The second-order valence-corrected chi connectivity index (χ2v) is 7.68. The van der Waals surface area contributed by atoms with Crippen molar-refractivity contribution < 1.29 is 28.5 Å². The van der Waals surface area contributed by atoms with Gasteiger partial charge in [0.15, 0.2) is 23.0 Å². The maximum Gasteiger partial charge on any atom is 0.338 e. The molecule has 7 nitrogen and oxygen atoms in total. The van der Waals surface area contributed by atoms with Crippen molar-refractivity contribution in [2.75, 3.05) is 28.4 Å². The van der Waals surface area contributed by atoms with Gasteiger partial charge in [-0.25, -0.2) is 4.79 Å². The normalized spacial score (nSPS) is 11.5. The highest BCUT2D eigenvalue weighted by Crippen LogP contribution is 2.36. The smallest absolute Gasteiger partial charge is 0.338 e. The van der Waals surface area contributed by atoms with Gasteiger partial charge in [0.2, 0.25) is 0 Å². The zero-order chi connectivity index (χ0) is 24.0. The van der Waals surface area contributed by atoms with Gasteiger partial charge < -0.3 is 23.7 Å². The van der Waals surface area contributed by atoms with Crippen molar-refractivity contribution in [2.45, 2.75) is 12.5 Å². The molecule has 0 aliphatic heterocycles. The van der Waals surface area contributed by atoms with Crippen molar-refractivity contribution in [2.24, 2.45) is 0 Å². The van der Waals surface area contributed by atoms with Gasteiger partial charge in [-0.3, -0.25) is 4.98 Å². The lowest BCUT2D eigenvalue weighted by Crippen LogP contribution is -2.15. The highest BCUT2D eigenvalue weighted by atomic mass is 35.5. The third kappa shape index (κ3) is 5.61. The van der Waals surface area contributed by atoms with Crippen molar-refractivity contribution in [3.05, 3.63) is 75.5 Å². The fourth-order valence-corrected chi connectivity index (χ4v) is 3.78.